The average Bonchev–Trinajstić information content (AvgIpc) is 3.14. The third kappa shape index (κ3) is 5.28. The molecular formula is C45H39NO4. The minimum absolute atomic E-state index is 0.0546. The van der Waals surface area contributed by atoms with Gasteiger partial charge >= 0.3 is 5.97 Å². The largest absolute Gasteiger partial charge is 0.465 e. The molecule has 5 atom stereocenters. The molecule has 1 fully saturated rings. The van der Waals surface area contributed by atoms with Crippen molar-refractivity contribution in [3.63, 3.8) is 0 Å². The zero-order valence-corrected chi connectivity index (χ0v) is 28.5. The van der Waals surface area contributed by atoms with Crippen molar-refractivity contribution in [2.45, 2.75) is 44.6 Å². The van der Waals surface area contributed by atoms with Gasteiger partial charge in [-0.3, -0.25) is 9.59 Å². The highest BCUT2D eigenvalue weighted by molar-refractivity contribution is 6.10. The number of carbonyl (C=O) groups excluding carboxylic acids is 2. The van der Waals surface area contributed by atoms with E-state index in [2.05, 4.69) is 6.07 Å². The van der Waals surface area contributed by atoms with E-state index in [-0.39, 0.29) is 18.8 Å². The first-order valence-corrected chi connectivity index (χ1v) is 17.2. The summed E-state index contributed by atoms with van der Waals surface area (Å²) >= 11 is 0. The van der Waals surface area contributed by atoms with Gasteiger partial charge in [-0.1, -0.05) is 145 Å². The van der Waals surface area contributed by atoms with Gasteiger partial charge in [-0.15, -0.1) is 0 Å². The van der Waals surface area contributed by atoms with E-state index in [0.717, 1.165) is 38.2 Å². The van der Waals surface area contributed by atoms with E-state index in [1.54, 1.807) is 13.0 Å². The summed E-state index contributed by atoms with van der Waals surface area (Å²) in [6.45, 7) is 5.72. The van der Waals surface area contributed by atoms with Crippen LogP contribution in [0, 0.1) is 36.5 Å². The Bertz CT molecular complexity index is 2260. The Kier molecular flexibility index (Phi) is 8.59. The standard InChI is InChI=1S/C45H39NO4/c1-4-50-43(48)44(28-46)39(33-23-19-29(2)20-24-33)27-45(49,38-18-10-14-32-12-6-8-16-36(32)38)41(40(44)34-25-21-30(3)22-26-34)42(47)37-17-9-13-31-11-5-7-15-35(31)37/h5-26,39-41,49H,4,27H2,1-3H3/t39-,40+,41+,44+,45-/m0/s1. The second kappa shape index (κ2) is 13.0. The van der Waals surface area contributed by atoms with Crippen LogP contribution in [0.2, 0.25) is 0 Å². The van der Waals surface area contributed by atoms with Crippen LogP contribution in [-0.2, 0) is 15.1 Å². The Morgan fingerprint density at radius 2 is 1.28 bits per heavy atom. The molecule has 1 aliphatic carbocycles. The Balaban J connectivity index is 1.62. The fourth-order valence-corrected chi connectivity index (χ4v) is 8.33. The monoisotopic (exact) mass is 657 g/mol. The number of nitriles is 1. The molecule has 0 amide bonds. The van der Waals surface area contributed by atoms with Crippen LogP contribution in [0.4, 0.5) is 0 Å². The molecule has 5 nitrogen and oxygen atoms in total. The molecule has 0 aromatic heterocycles. The highest BCUT2D eigenvalue weighted by atomic mass is 16.5. The van der Waals surface area contributed by atoms with Crippen molar-refractivity contribution < 1.29 is 19.4 Å². The highest BCUT2D eigenvalue weighted by Gasteiger charge is 2.68. The molecule has 0 saturated heterocycles. The van der Waals surface area contributed by atoms with Gasteiger partial charge in [0.2, 0.25) is 0 Å². The van der Waals surface area contributed by atoms with Crippen LogP contribution < -0.4 is 0 Å². The Morgan fingerprint density at radius 1 is 0.740 bits per heavy atom. The summed E-state index contributed by atoms with van der Waals surface area (Å²) in [6, 6.07) is 44.7. The van der Waals surface area contributed by atoms with Crippen LogP contribution in [0.3, 0.4) is 0 Å². The molecule has 0 spiro atoms. The number of hydrogen-bond acceptors (Lipinski definition) is 5. The maximum atomic E-state index is 15.6. The summed E-state index contributed by atoms with van der Waals surface area (Å²) in [5.41, 5.74) is 0.643. The topological polar surface area (TPSA) is 87.4 Å². The summed E-state index contributed by atoms with van der Waals surface area (Å²) in [7, 11) is 0. The zero-order chi connectivity index (χ0) is 35.0. The predicted molar refractivity (Wildman–Crippen MR) is 197 cm³/mol. The summed E-state index contributed by atoms with van der Waals surface area (Å²) in [6.07, 6.45) is -0.0695. The molecule has 50 heavy (non-hydrogen) atoms. The number of nitrogens with zero attached hydrogens (tertiary/aromatic N) is 1. The fourth-order valence-electron chi connectivity index (χ4n) is 8.33. The van der Waals surface area contributed by atoms with Crippen molar-refractivity contribution in [1.29, 1.82) is 5.26 Å². The number of ether oxygens (including phenoxy) is 1. The molecule has 7 rings (SSSR count). The normalized spacial score (nSPS) is 23.3. The molecule has 0 aliphatic heterocycles. The summed E-state index contributed by atoms with van der Waals surface area (Å²) in [5.74, 6) is -4.22. The van der Waals surface area contributed by atoms with Crippen LogP contribution in [0.25, 0.3) is 21.5 Å². The fraction of sp³-hybridized carbons (Fsp3) is 0.222. The molecular weight excluding hydrogens is 618 g/mol. The van der Waals surface area contributed by atoms with E-state index in [9.17, 15) is 15.2 Å². The quantitative estimate of drug-likeness (QED) is 0.137. The maximum absolute atomic E-state index is 15.6. The van der Waals surface area contributed by atoms with Gasteiger partial charge in [-0.05, 0) is 65.4 Å². The number of benzene rings is 6. The van der Waals surface area contributed by atoms with E-state index in [1.165, 1.54) is 0 Å². The van der Waals surface area contributed by atoms with Gasteiger partial charge in [-0.2, -0.15) is 5.26 Å². The van der Waals surface area contributed by atoms with Gasteiger partial charge < -0.3 is 9.84 Å². The lowest BCUT2D eigenvalue weighted by atomic mass is 9.47. The lowest BCUT2D eigenvalue weighted by Crippen LogP contribution is -2.59. The van der Waals surface area contributed by atoms with Crippen molar-refractivity contribution in [3.05, 3.63) is 167 Å². The van der Waals surface area contributed by atoms with Crippen molar-refractivity contribution in [1.82, 2.24) is 0 Å². The number of hydrogen-bond donors (Lipinski definition) is 1. The van der Waals surface area contributed by atoms with Crippen LogP contribution in [0.1, 0.15) is 63.4 Å². The predicted octanol–water partition coefficient (Wildman–Crippen LogP) is 9.34. The molecule has 6 aromatic rings. The Hall–Kier alpha value is -5.57. The van der Waals surface area contributed by atoms with Crippen LogP contribution in [0.15, 0.2) is 133 Å². The molecule has 0 radical (unpaired) electrons. The van der Waals surface area contributed by atoms with Crippen LogP contribution >= 0.6 is 0 Å². The number of ketones is 1. The van der Waals surface area contributed by atoms with Crippen molar-refractivity contribution >= 4 is 33.3 Å². The smallest absolute Gasteiger partial charge is 0.327 e. The number of carbonyl (C=O) groups is 2. The SMILES string of the molecule is CCOC(=O)[C@@]1(C#N)[C@H](c2ccc(C)cc2)[C@H](C(=O)c2cccc3ccccc23)[C@@](O)(c2cccc3ccccc23)C[C@H]1c1ccc(C)cc1. The third-order valence-electron chi connectivity index (χ3n) is 10.7. The van der Waals surface area contributed by atoms with Crippen LogP contribution in [0.5, 0.6) is 0 Å². The molecule has 5 heteroatoms. The van der Waals surface area contributed by atoms with Crippen molar-refractivity contribution in [2.75, 3.05) is 6.61 Å². The van der Waals surface area contributed by atoms with Crippen LogP contribution in [-0.4, -0.2) is 23.5 Å². The molecule has 0 unspecified atom stereocenters. The minimum Gasteiger partial charge on any atom is -0.465 e. The average molecular weight is 658 g/mol. The summed E-state index contributed by atoms with van der Waals surface area (Å²) in [5, 5.41) is 28.6. The van der Waals surface area contributed by atoms with E-state index in [1.807, 2.05) is 141 Å². The number of aliphatic hydroxyl groups is 1. The molecule has 1 aliphatic rings. The van der Waals surface area contributed by atoms with E-state index < -0.39 is 34.7 Å². The first kappa shape index (κ1) is 33.0. The van der Waals surface area contributed by atoms with Gasteiger partial charge in [0.25, 0.3) is 0 Å². The number of aryl methyl sites for hydroxylation is 2. The van der Waals surface area contributed by atoms with E-state index in [0.29, 0.717) is 16.7 Å². The first-order chi connectivity index (χ1) is 24.2. The number of rotatable bonds is 7. The van der Waals surface area contributed by atoms with E-state index >= 15 is 4.79 Å². The summed E-state index contributed by atoms with van der Waals surface area (Å²) in [4.78, 5) is 30.3. The first-order valence-electron chi connectivity index (χ1n) is 17.2. The lowest BCUT2D eigenvalue weighted by molar-refractivity contribution is -0.164. The van der Waals surface area contributed by atoms with Gasteiger partial charge in [0, 0.05) is 17.4 Å². The van der Waals surface area contributed by atoms with Crippen molar-refractivity contribution in [3.8, 4) is 6.07 Å². The second-order valence-electron chi connectivity index (χ2n) is 13.6. The van der Waals surface area contributed by atoms with E-state index in [4.69, 9.17) is 4.74 Å². The molecule has 0 bridgehead atoms. The number of esters is 1. The maximum Gasteiger partial charge on any atom is 0.327 e. The van der Waals surface area contributed by atoms with Gasteiger partial charge in [0.05, 0.1) is 18.6 Å². The zero-order valence-electron chi connectivity index (χ0n) is 28.5. The number of Topliss-reactive ketones (excluding diaryl/α,β-unsaturated/α-hetero) is 1. The minimum atomic E-state index is -1.87. The molecule has 6 aromatic carbocycles. The highest BCUT2D eigenvalue weighted by Crippen LogP contribution is 2.64. The summed E-state index contributed by atoms with van der Waals surface area (Å²) < 4.78 is 5.82. The molecule has 248 valence electrons. The van der Waals surface area contributed by atoms with Gasteiger partial charge in [-0.25, -0.2) is 0 Å². The van der Waals surface area contributed by atoms with Gasteiger partial charge in [0.15, 0.2) is 11.2 Å². The van der Waals surface area contributed by atoms with Crippen molar-refractivity contribution in [2.24, 2.45) is 11.3 Å². The lowest BCUT2D eigenvalue weighted by Gasteiger charge is -2.54. The third-order valence-corrected chi connectivity index (χ3v) is 10.7. The Morgan fingerprint density at radius 3 is 1.90 bits per heavy atom. The Labute approximate surface area is 292 Å². The number of fused-ring (bicyclic) bond motifs is 2. The molecule has 1 N–H and O–H groups in total. The second-order valence-corrected chi connectivity index (χ2v) is 13.6. The molecule has 0 heterocycles. The van der Waals surface area contributed by atoms with Gasteiger partial charge in [0.1, 0.15) is 5.60 Å². The molecule has 1 saturated carbocycles.